The molecule has 1 aliphatic rings. The Bertz CT molecular complexity index is 1950. The predicted molar refractivity (Wildman–Crippen MR) is 215 cm³/mol. The molecule has 0 spiro atoms. The zero-order valence-electron chi connectivity index (χ0n) is 30.0. The van der Waals surface area contributed by atoms with Crippen LogP contribution in [0.5, 0.6) is 0 Å². The van der Waals surface area contributed by atoms with Gasteiger partial charge in [0.25, 0.3) is 11.8 Å². The molecule has 0 fully saturated rings. The van der Waals surface area contributed by atoms with Crippen LogP contribution in [0.25, 0.3) is 6.08 Å². The van der Waals surface area contributed by atoms with Crippen LogP contribution < -0.4 is 16.0 Å². The second-order valence-electron chi connectivity index (χ2n) is 13.6. The van der Waals surface area contributed by atoms with E-state index in [9.17, 15) is 19.2 Å². The molecule has 0 radical (unpaired) electrons. The molecule has 8 nitrogen and oxygen atoms in total. The second-order valence-corrected chi connectivity index (χ2v) is 16.9. The van der Waals surface area contributed by atoms with Gasteiger partial charge in [0.05, 0.1) is 17.4 Å². The van der Waals surface area contributed by atoms with Crippen molar-refractivity contribution in [3.8, 4) is 0 Å². The maximum atomic E-state index is 13.8. The van der Waals surface area contributed by atoms with Crippen molar-refractivity contribution in [2.45, 2.75) is 70.4 Å². The van der Waals surface area contributed by atoms with Gasteiger partial charge in [0.1, 0.15) is 10.7 Å². The number of carbonyl (C=O) groups is 4. The number of carbonyl (C=O) groups excluding carboxylic acids is 4. The van der Waals surface area contributed by atoms with Crippen LogP contribution in [0.2, 0.25) is 0 Å². The third-order valence-electron chi connectivity index (χ3n) is 8.95. The molecule has 2 unspecified atom stereocenters. The first-order valence-corrected chi connectivity index (χ1v) is 19.9. The van der Waals surface area contributed by atoms with E-state index < -0.39 is 23.0 Å². The van der Waals surface area contributed by atoms with Crippen molar-refractivity contribution in [1.29, 1.82) is 0 Å². The number of anilines is 2. The lowest BCUT2D eigenvalue weighted by molar-refractivity contribution is -0.116. The highest BCUT2D eigenvalue weighted by Crippen LogP contribution is 2.45. The SMILES string of the molecule is CCOC(=O)c1c(NC(=O)C(CC)Sc2cccc(NC(=O)/C(=C\c3ccc(Br)cc3)NC(=O)c3ccccc3)c2)sc2c1CCC(C(C)(C)C)C2. The summed E-state index contributed by atoms with van der Waals surface area (Å²) >= 11 is 6.29. The Hall–Kier alpha value is -4.19. The number of fused-ring (bicyclic) bond motifs is 1. The summed E-state index contributed by atoms with van der Waals surface area (Å²) in [7, 11) is 0. The van der Waals surface area contributed by atoms with Gasteiger partial charge in [-0.2, -0.15) is 0 Å². The fourth-order valence-electron chi connectivity index (χ4n) is 6.02. The summed E-state index contributed by atoms with van der Waals surface area (Å²) in [6.07, 6.45) is 4.78. The monoisotopic (exact) mass is 801 g/mol. The number of rotatable bonds is 12. The van der Waals surface area contributed by atoms with Crippen LogP contribution in [-0.2, 0) is 27.2 Å². The van der Waals surface area contributed by atoms with Crippen molar-refractivity contribution in [3.05, 3.63) is 116 Å². The van der Waals surface area contributed by atoms with Gasteiger partial charge < -0.3 is 20.7 Å². The standard InChI is InChI=1S/C41H44BrN3O5S2/c1-6-33(38(48)45-39-35(40(49)50-7-2)31-21-18-27(41(3,4)5)23-34(31)52-39)51-30-15-11-14-29(24-30)43-37(47)32(22-25-16-19-28(42)20-17-25)44-36(46)26-12-9-8-10-13-26/h8-17,19-20,22,24,27,33H,6-7,18,21,23H2,1-5H3,(H,43,47)(H,44,46)(H,45,48)/b32-22+. The summed E-state index contributed by atoms with van der Waals surface area (Å²) in [6, 6.07) is 23.3. The first kappa shape index (κ1) is 39.0. The number of hydrogen-bond donors (Lipinski definition) is 3. The third-order valence-corrected chi connectivity index (χ3v) is 12.0. The van der Waals surface area contributed by atoms with E-state index in [1.165, 1.54) is 23.1 Å². The molecule has 1 aliphatic carbocycles. The van der Waals surface area contributed by atoms with Gasteiger partial charge in [-0.05, 0) is 104 Å². The van der Waals surface area contributed by atoms with E-state index >= 15 is 0 Å². The summed E-state index contributed by atoms with van der Waals surface area (Å²) in [5, 5.41) is 8.84. The maximum absolute atomic E-state index is 13.8. The van der Waals surface area contributed by atoms with Crippen molar-refractivity contribution in [2.75, 3.05) is 17.2 Å². The molecule has 1 heterocycles. The predicted octanol–water partition coefficient (Wildman–Crippen LogP) is 9.76. The molecule has 0 saturated carbocycles. The molecule has 3 aromatic carbocycles. The molecular weight excluding hydrogens is 759 g/mol. The van der Waals surface area contributed by atoms with Gasteiger partial charge >= 0.3 is 5.97 Å². The molecule has 3 amide bonds. The Morgan fingerprint density at radius 1 is 0.981 bits per heavy atom. The van der Waals surface area contributed by atoms with Crippen molar-refractivity contribution in [1.82, 2.24) is 5.32 Å². The molecule has 272 valence electrons. The highest BCUT2D eigenvalue weighted by Gasteiger charge is 2.35. The van der Waals surface area contributed by atoms with Gasteiger partial charge in [-0.3, -0.25) is 14.4 Å². The van der Waals surface area contributed by atoms with Gasteiger partial charge in [-0.1, -0.05) is 80.0 Å². The molecular formula is C41H44BrN3O5S2. The second kappa shape index (κ2) is 17.6. The van der Waals surface area contributed by atoms with Crippen LogP contribution in [0.3, 0.4) is 0 Å². The summed E-state index contributed by atoms with van der Waals surface area (Å²) in [6.45, 7) is 10.7. The first-order valence-electron chi connectivity index (χ1n) is 17.4. The summed E-state index contributed by atoms with van der Waals surface area (Å²) < 4.78 is 6.33. The lowest BCUT2D eigenvalue weighted by atomic mass is 9.72. The first-order chi connectivity index (χ1) is 24.9. The molecule has 2 atom stereocenters. The van der Waals surface area contributed by atoms with Gasteiger partial charge in [-0.25, -0.2) is 4.79 Å². The van der Waals surface area contributed by atoms with Gasteiger partial charge in [0, 0.05) is 25.5 Å². The quantitative estimate of drug-likeness (QED) is 0.0747. The number of nitrogens with one attached hydrogen (secondary N) is 3. The molecule has 1 aromatic heterocycles. The average molecular weight is 803 g/mol. The highest BCUT2D eigenvalue weighted by atomic mass is 79.9. The molecule has 0 aliphatic heterocycles. The normalized spacial score (nSPS) is 14.9. The van der Waals surface area contributed by atoms with Crippen LogP contribution >= 0.6 is 39.0 Å². The van der Waals surface area contributed by atoms with Crippen LogP contribution in [0, 0.1) is 11.3 Å². The van der Waals surface area contributed by atoms with E-state index in [4.69, 9.17) is 4.74 Å². The molecule has 0 saturated heterocycles. The molecule has 52 heavy (non-hydrogen) atoms. The van der Waals surface area contributed by atoms with Crippen molar-refractivity contribution < 1.29 is 23.9 Å². The number of amides is 3. The third kappa shape index (κ3) is 10.0. The van der Waals surface area contributed by atoms with Crippen LogP contribution in [-0.4, -0.2) is 35.5 Å². The zero-order chi connectivity index (χ0) is 37.4. The van der Waals surface area contributed by atoms with E-state index in [1.807, 2.05) is 43.3 Å². The van der Waals surface area contributed by atoms with E-state index in [1.54, 1.807) is 55.5 Å². The van der Waals surface area contributed by atoms with Crippen LogP contribution in [0.1, 0.15) is 84.2 Å². The Labute approximate surface area is 322 Å². The Balaban J connectivity index is 1.32. The molecule has 5 rings (SSSR count). The summed E-state index contributed by atoms with van der Waals surface area (Å²) in [5.74, 6) is -1.03. The number of ether oxygens (including phenoxy) is 1. The smallest absolute Gasteiger partial charge is 0.341 e. The van der Waals surface area contributed by atoms with E-state index in [-0.39, 0.29) is 23.6 Å². The van der Waals surface area contributed by atoms with Gasteiger partial charge in [-0.15, -0.1) is 23.1 Å². The number of halogens is 1. The summed E-state index contributed by atoms with van der Waals surface area (Å²) in [5.41, 5.74) is 3.35. The zero-order valence-corrected chi connectivity index (χ0v) is 33.2. The van der Waals surface area contributed by atoms with Crippen LogP contribution in [0.15, 0.2) is 93.9 Å². The number of esters is 1. The average Bonchev–Trinajstić information content (AvgIpc) is 3.48. The Kier molecular flexibility index (Phi) is 13.2. The van der Waals surface area contributed by atoms with Crippen molar-refractivity contribution in [3.63, 3.8) is 0 Å². The number of thiophene rings is 1. The van der Waals surface area contributed by atoms with E-state index in [0.29, 0.717) is 34.2 Å². The fraction of sp³-hybridized carbons (Fsp3) is 0.317. The molecule has 3 N–H and O–H groups in total. The van der Waals surface area contributed by atoms with Crippen LogP contribution in [0.4, 0.5) is 10.7 Å². The number of benzene rings is 3. The molecule has 11 heteroatoms. The van der Waals surface area contributed by atoms with E-state index in [2.05, 4.69) is 52.7 Å². The Morgan fingerprint density at radius 3 is 2.38 bits per heavy atom. The van der Waals surface area contributed by atoms with Crippen molar-refractivity contribution >= 4 is 79.5 Å². The van der Waals surface area contributed by atoms with Gasteiger partial charge in [0.15, 0.2) is 0 Å². The van der Waals surface area contributed by atoms with Crippen molar-refractivity contribution in [2.24, 2.45) is 11.3 Å². The Morgan fingerprint density at radius 2 is 1.71 bits per heavy atom. The molecule has 0 bridgehead atoms. The topological polar surface area (TPSA) is 114 Å². The fourth-order valence-corrected chi connectivity index (χ4v) is 8.62. The largest absolute Gasteiger partial charge is 0.462 e. The van der Waals surface area contributed by atoms with E-state index in [0.717, 1.165) is 44.6 Å². The highest BCUT2D eigenvalue weighted by molar-refractivity contribution is 9.10. The number of thioether (sulfide) groups is 1. The lowest BCUT2D eigenvalue weighted by Gasteiger charge is -2.33. The number of hydrogen-bond acceptors (Lipinski definition) is 7. The molecule has 4 aromatic rings. The minimum atomic E-state index is -0.499. The minimum Gasteiger partial charge on any atom is -0.462 e. The lowest BCUT2D eigenvalue weighted by Crippen LogP contribution is -2.30. The minimum absolute atomic E-state index is 0.0740. The maximum Gasteiger partial charge on any atom is 0.341 e. The summed E-state index contributed by atoms with van der Waals surface area (Å²) in [4.78, 5) is 55.6. The van der Waals surface area contributed by atoms with Gasteiger partial charge in [0.2, 0.25) is 5.91 Å².